The van der Waals surface area contributed by atoms with Crippen molar-refractivity contribution in [2.24, 2.45) is 17.8 Å². The van der Waals surface area contributed by atoms with E-state index in [0.29, 0.717) is 19.3 Å². The molecule has 0 nitrogen and oxygen atoms in total. The van der Waals surface area contributed by atoms with E-state index in [1.807, 2.05) is 6.92 Å². The molecule has 0 heterocycles. The van der Waals surface area contributed by atoms with Gasteiger partial charge in [-0.05, 0) is 49.9 Å². The molecule has 0 aromatic rings. The molecule has 2 rings (SSSR count). The summed E-state index contributed by atoms with van der Waals surface area (Å²) in [7, 11) is 0. The summed E-state index contributed by atoms with van der Waals surface area (Å²) in [5, 5.41) is 0. The van der Waals surface area contributed by atoms with E-state index in [9.17, 15) is 13.2 Å². The molecule has 0 amide bonds. The first-order valence-electron chi connectivity index (χ1n) is 6.50. The van der Waals surface area contributed by atoms with Gasteiger partial charge in [0.05, 0.1) is 0 Å². The zero-order chi connectivity index (χ0) is 11.7. The molecule has 2 aliphatic carbocycles. The molecule has 0 spiro atoms. The van der Waals surface area contributed by atoms with E-state index in [4.69, 9.17) is 0 Å². The molecule has 94 valence electrons. The van der Waals surface area contributed by atoms with Gasteiger partial charge in [-0.15, -0.1) is 0 Å². The number of alkyl halides is 3. The average molecular weight is 234 g/mol. The maximum Gasteiger partial charge on any atom is 0.106 e. The molecule has 2 saturated carbocycles. The van der Waals surface area contributed by atoms with Crippen molar-refractivity contribution < 1.29 is 13.2 Å². The van der Waals surface area contributed by atoms with Gasteiger partial charge in [0.2, 0.25) is 0 Å². The summed E-state index contributed by atoms with van der Waals surface area (Å²) in [6.45, 7) is 1.92. The van der Waals surface area contributed by atoms with E-state index < -0.39 is 18.5 Å². The lowest BCUT2D eigenvalue weighted by Crippen LogP contribution is -2.37. The van der Waals surface area contributed by atoms with Crippen LogP contribution in [0.1, 0.15) is 45.4 Å². The monoisotopic (exact) mass is 234 g/mol. The fourth-order valence-corrected chi connectivity index (χ4v) is 3.31. The molecule has 0 saturated heterocycles. The Balaban J connectivity index is 1.92. The van der Waals surface area contributed by atoms with E-state index in [-0.39, 0.29) is 24.2 Å². The van der Waals surface area contributed by atoms with Gasteiger partial charge in [-0.25, -0.2) is 13.2 Å². The lowest BCUT2D eigenvalue weighted by atomic mass is 9.69. The number of rotatable bonds is 1. The van der Waals surface area contributed by atoms with E-state index in [1.54, 1.807) is 0 Å². The van der Waals surface area contributed by atoms with Crippen molar-refractivity contribution in [3.63, 3.8) is 0 Å². The largest absolute Gasteiger partial charge is 0.247 e. The average Bonchev–Trinajstić information content (AvgIpc) is 2.22. The van der Waals surface area contributed by atoms with Gasteiger partial charge in [0, 0.05) is 6.42 Å². The predicted octanol–water partition coefficient (Wildman–Crippen LogP) is 4.24. The molecular weight excluding hydrogens is 213 g/mol. The first kappa shape index (κ1) is 12.3. The molecule has 3 heteroatoms. The Bertz CT molecular complexity index is 231. The van der Waals surface area contributed by atoms with Crippen LogP contribution in [0.15, 0.2) is 0 Å². The lowest BCUT2D eigenvalue weighted by Gasteiger charge is -2.39. The minimum Gasteiger partial charge on any atom is -0.247 e. The normalized spacial score (nSPS) is 50.2. The van der Waals surface area contributed by atoms with Crippen LogP contribution in [0.2, 0.25) is 0 Å². The highest BCUT2D eigenvalue weighted by atomic mass is 19.1. The van der Waals surface area contributed by atoms with Gasteiger partial charge in [-0.1, -0.05) is 6.92 Å². The summed E-state index contributed by atoms with van der Waals surface area (Å²) in [5.41, 5.74) is 0. The third kappa shape index (κ3) is 2.54. The molecule has 0 N–H and O–H groups in total. The summed E-state index contributed by atoms with van der Waals surface area (Å²) in [4.78, 5) is 0. The third-order valence-corrected chi connectivity index (χ3v) is 4.50. The maximum atomic E-state index is 13.7. The number of hydrogen-bond acceptors (Lipinski definition) is 0. The molecule has 0 aromatic carbocycles. The van der Waals surface area contributed by atoms with Crippen LogP contribution in [0.4, 0.5) is 13.2 Å². The summed E-state index contributed by atoms with van der Waals surface area (Å²) >= 11 is 0. The van der Waals surface area contributed by atoms with Crippen molar-refractivity contribution in [3.8, 4) is 0 Å². The van der Waals surface area contributed by atoms with Crippen LogP contribution in [0, 0.1) is 17.8 Å². The molecule has 0 radical (unpaired) electrons. The van der Waals surface area contributed by atoms with Crippen molar-refractivity contribution in [3.05, 3.63) is 0 Å². The predicted molar refractivity (Wildman–Crippen MR) is 58.5 cm³/mol. The number of halogens is 3. The SMILES string of the molecule is CC1CCC(C2CCC(F)CC2F)CC1F. The molecule has 6 atom stereocenters. The molecule has 0 aromatic heterocycles. The van der Waals surface area contributed by atoms with Gasteiger partial charge >= 0.3 is 0 Å². The minimum atomic E-state index is -1.05. The van der Waals surface area contributed by atoms with Gasteiger partial charge in [-0.2, -0.15) is 0 Å². The van der Waals surface area contributed by atoms with Gasteiger partial charge in [-0.3, -0.25) is 0 Å². The van der Waals surface area contributed by atoms with E-state index in [2.05, 4.69) is 0 Å². The third-order valence-electron chi connectivity index (χ3n) is 4.50. The first-order valence-corrected chi connectivity index (χ1v) is 6.50. The highest BCUT2D eigenvalue weighted by molar-refractivity contribution is 4.88. The lowest BCUT2D eigenvalue weighted by molar-refractivity contribution is 0.0255. The second kappa shape index (κ2) is 4.97. The highest BCUT2D eigenvalue weighted by Crippen LogP contribution is 2.42. The second-order valence-corrected chi connectivity index (χ2v) is 5.66. The van der Waals surface area contributed by atoms with Crippen LogP contribution in [0.25, 0.3) is 0 Å². The summed E-state index contributed by atoms with van der Waals surface area (Å²) in [6.07, 6.45) is 0.565. The van der Waals surface area contributed by atoms with Crippen molar-refractivity contribution in [1.29, 1.82) is 0 Å². The second-order valence-electron chi connectivity index (χ2n) is 5.66. The molecule has 16 heavy (non-hydrogen) atoms. The Morgan fingerprint density at radius 2 is 1.56 bits per heavy atom. The molecule has 2 aliphatic rings. The smallest absolute Gasteiger partial charge is 0.106 e. The minimum absolute atomic E-state index is 0.0354. The van der Waals surface area contributed by atoms with Gasteiger partial charge in [0.15, 0.2) is 0 Å². The van der Waals surface area contributed by atoms with Crippen LogP contribution < -0.4 is 0 Å². The van der Waals surface area contributed by atoms with Crippen LogP contribution in [-0.4, -0.2) is 18.5 Å². The Kier molecular flexibility index (Phi) is 3.81. The van der Waals surface area contributed by atoms with Gasteiger partial charge in [0.25, 0.3) is 0 Å². The van der Waals surface area contributed by atoms with E-state index in [1.165, 1.54) is 0 Å². The Morgan fingerprint density at radius 3 is 2.19 bits per heavy atom. The van der Waals surface area contributed by atoms with Gasteiger partial charge < -0.3 is 0 Å². The summed E-state index contributed by atoms with van der Waals surface area (Å²) < 4.78 is 40.3. The zero-order valence-corrected chi connectivity index (χ0v) is 9.84. The molecule has 0 aliphatic heterocycles. The van der Waals surface area contributed by atoms with Gasteiger partial charge in [0.1, 0.15) is 18.5 Å². The standard InChI is InChI=1S/C13H21F3/c1-8-2-3-9(6-12(8)15)11-5-4-10(14)7-13(11)16/h8-13H,2-7H2,1H3. The van der Waals surface area contributed by atoms with Crippen LogP contribution in [-0.2, 0) is 0 Å². The molecule has 0 bridgehead atoms. The van der Waals surface area contributed by atoms with Crippen LogP contribution in [0.5, 0.6) is 0 Å². The van der Waals surface area contributed by atoms with E-state index in [0.717, 1.165) is 12.8 Å². The van der Waals surface area contributed by atoms with Crippen molar-refractivity contribution in [1.82, 2.24) is 0 Å². The zero-order valence-electron chi connectivity index (χ0n) is 9.84. The Labute approximate surface area is 95.6 Å². The maximum absolute atomic E-state index is 13.7. The highest BCUT2D eigenvalue weighted by Gasteiger charge is 2.39. The Morgan fingerprint density at radius 1 is 0.812 bits per heavy atom. The fraction of sp³-hybridized carbons (Fsp3) is 1.00. The quantitative estimate of drug-likeness (QED) is 0.636. The van der Waals surface area contributed by atoms with Crippen molar-refractivity contribution >= 4 is 0 Å². The Hall–Kier alpha value is -0.210. The summed E-state index contributed by atoms with van der Waals surface area (Å²) in [5.74, 6) is 0.179. The molecule has 6 unspecified atom stereocenters. The van der Waals surface area contributed by atoms with Crippen LogP contribution >= 0.6 is 0 Å². The van der Waals surface area contributed by atoms with Crippen molar-refractivity contribution in [2.75, 3.05) is 0 Å². The molecular formula is C13H21F3. The molecule has 2 fully saturated rings. The fourth-order valence-electron chi connectivity index (χ4n) is 3.31. The number of hydrogen-bond donors (Lipinski definition) is 0. The summed E-state index contributed by atoms with van der Waals surface area (Å²) in [6, 6.07) is 0. The van der Waals surface area contributed by atoms with Crippen LogP contribution in [0.3, 0.4) is 0 Å². The van der Waals surface area contributed by atoms with Crippen molar-refractivity contribution in [2.45, 2.75) is 64.0 Å². The van der Waals surface area contributed by atoms with E-state index >= 15 is 0 Å². The topological polar surface area (TPSA) is 0 Å². The first-order chi connectivity index (χ1) is 7.58.